The maximum absolute atomic E-state index is 9.31. The van der Waals surface area contributed by atoms with Crippen molar-refractivity contribution in [3.63, 3.8) is 0 Å². The van der Waals surface area contributed by atoms with Gasteiger partial charge in [0.2, 0.25) is 0 Å². The van der Waals surface area contributed by atoms with Crippen molar-refractivity contribution >= 4 is 33.2 Å². The highest BCUT2D eigenvalue weighted by Gasteiger charge is 2.16. The van der Waals surface area contributed by atoms with Crippen LogP contribution in [-0.2, 0) is 7.05 Å². The van der Waals surface area contributed by atoms with E-state index >= 15 is 0 Å². The molecule has 6 heteroatoms. The number of rotatable bonds is 3. The van der Waals surface area contributed by atoms with Crippen LogP contribution in [0.2, 0.25) is 5.02 Å². The third-order valence-electron chi connectivity index (χ3n) is 2.72. The van der Waals surface area contributed by atoms with Gasteiger partial charge in [-0.05, 0) is 41.1 Å². The quantitative estimate of drug-likeness (QED) is 0.925. The molecule has 2 rings (SSSR count). The molecule has 19 heavy (non-hydrogen) atoms. The lowest BCUT2D eigenvalue weighted by Gasteiger charge is -2.12. The number of aromatic nitrogens is 2. The third-order valence-corrected chi connectivity index (χ3v) is 3.94. The van der Waals surface area contributed by atoms with E-state index in [1.54, 1.807) is 10.7 Å². The van der Waals surface area contributed by atoms with Gasteiger partial charge in [-0.15, -0.1) is 0 Å². The lowest BCUT2D eigenvalue weighted by Crippen LogP contribution is -2.09. The van der Waals surface area contributed by atoms with Crippen LogP contribution < -0.4 is 5.32 Å². The second kappa shape index (κ2) is 5.64. The Morgan fingerprint density at radius 2 is 2.26 bits per heavy atom. The number of hydrogen-bond donors (Lipinski definition) is 1. The van der Waals surface area contributed by atoms with E-state index in [0.29, 0.717) is 5.02 Å². The molecule has 0 saturated carbocycles. The first-order chi connectivity index (χ1) is 9.01. The molecule has 4 nitrogen and oxygen atoms in total. The summed E-state index contributed by atoms with van der Waals surface area (Å²) in [4.78, 5) is 0. The second-order valence-electron chi connectivity index (χ2n) is 4.18. The summed E-state index contributed by atoms with van der Waals surface area (Å²) in [5, 5.41) is 17.4. The van der Waals surface area contributed by atoms with Gasteiger partial charge in [0.05, 0.1) is 16.8 Å². The van der Waals surface area contributed by atoms with E-state index in [4.69, 9.17) is 11.6 Å². The molecule has 1 aromatic heterocycles. The van der Waals surface area contributed by atoms with Crippen LogP contribution in [0.3, 0.4) is 0 Å². The molecule has 1 N–H and O–H groups in total. The van der Waals surface area contributed by atoms with Crippen LogP contribution in [0.15, 0.2) is 28.9 Å². The molecule has 0 aliphatic carbocycles. The minimum Gasteiger partial charge on any atom is -0.366 e. The molecule has 0 spiro atoms. The molecule has 0 bridgehead atoms. The normalized spacial score (nSPS) is 11.9. The van der Waals surface area contributed by atoms with Gasteiger partial charge in [0.1, 0.15) is 6.04 Å². The van der Waals surface area contributed by atoms with E-state index in [2.05, 4.69) is 32.4 Å². The Bertz CT molecular complexity index is 645. The summed E-state index contributed by atoms with van der Waals surface area (Å²) in [6.45, 7) is 1.89. The minimum atomic E-state index is -0.443. The SMILES string of the molecule is Cc1nn(C)cc1C(C#N)Nc1ccc(Cl)c(Br)c1. The minimum absolute atomic E-state index is 0.443. The Hall–Kier alpha value is -1.51. The highest BCUT2D eigenvalue weighted by Crippen LogP contribution is 2.28. The fourth-order valence-electron chi connectivity index (χ4n) is 1.83. The molecular weight excluding hydrogens is 328 g/mol. The van der Waals surface area contributed by atoms with E-state index in [0.717, 1.165) is 21.4 Å². The van der Waals surface area contributed by atoms with Crippen LogP contribution in [-0.4, -0.2) is 9.78 Å². The van der Waals surface area contributed by atoms with Gasteiger partial charge < -0.3 is 5.32 Å². The van der Waals surface area contributed by atoms with Crippen molar-refractivity contribution in [3.05, 3.63) is 45.1 Å². The van der Waals surface area contributed by atoms with Gasteiger partial charge in [0, 0.05) is 29.0 Å². The molecule has 1 unspecified atom stereocenters. The van der Waals surface area contributed by atoms with E-state index in [1.165, 1.54) is 0 Å². The first-order valence-electron chi connectivity index (χ1n) is 5.62. The summed E-state index contributed by atoms with van der Waals surface area (Å²) in [5.41, 5.74) is 2.54. The van der Waals surface area contributed by atoms with Gasteiger partial charge in [0.25, 0.3) is 0 Å². The Balaban J connectivity index is 2.27. The van der Waals surface area contributed by atoms with Crippen molar-refractivity contribution in [1.82, 2.24) is 9.78 Å². The van der Waals surface area contributed by atoms with Crippen molar-refractivity contribution in [1.29, 1.82) is 5.26 Å². The molecule has 0 amide bonds. The predicted molar refractivity (Wildman–Crippen MR) is 79.1 cm³/mol. The van der Waals surface area contributed by atoms with Crippen LogP contribution in [0.1, 0.15) is 17.3 Å². The average Bonchev–Trinajstić information content (AvgIpc) is 2.70. The zero-order chi connectivity index (χ0) is 14.0. The highest BCUT2D eigenvalue weighted by atomic mass is 79.9. The number of nitrogens with zero attached hydrogens (tertiary/aromatic N) is 3. The molecule has 0 saturated heterocycles. The smallest absolute Gasteiger partial charge is 0.143 e. The van der Waals surface area contributed by atoms with Crippen LogP contribution >= 0.6 is 27.5 Å². The van der Waals surface area contributed by atoms with Gasteiger partial charge >= 0.3 is 0 Å². The molecule has 0 radical (unpaired) electrons. The molecule has 1 atom stereocenters. The molecule has 0 aliphatic rings. The highest BCUT2D eigenvalue weighted by molar-refractivity contribution is 9.10. The Labute approximate surface area is 125 Å². The summed E-state index contributed by atoms with van der Waals surface area (Å²) in [6.07, 6.45) is 1.85. The van der Waals surface area contributed by atoms with Crippen molar-refractivity contribution in [2.45, 2.75) is 13.0 Å². The average molecular weight is 340 g/mol. The van der Waals surface area contributed by atoms with E-state index in [1.807, 2.05) is 32.3 Å². The van der Waals surface area contributed by atoms with E-state index in [9.17, 15) is 5.26 Å². The fraction of sp³-hybridized carbons (Fsp3) is 0.231. The number of nitriles is 1. The summed E-state index contributed by atoms with van der Waals surface area (Å²) < 4.78 is 2.49. The first-order valence-corrected chi connectivity index (χ1v) is 6.79. The molecule has 1 heterocycles. The molecular formula is C13H12BrClN4. The van der Waals surface area contributed by atoms with Crippen LogP contribution in [0.4, 0.5) is 5.69 Å². The Morgan fingerprint density at radius 1 is 1.53 bits per heavy atom. The number of benzene rings is 1. The molecule has 98 valence electrons. The van der Waals surface area contributed by atoms with Crippen molar-refractivity contribution in [3.8, 4) is 6.07 Å². The zero-order valence-corrected chi connectivity index (χ0v) is 12.8. The number of hydrogen-bond acceptors (Lipinski definition) is 3. The maximum atomic E-state index is 9.31. The van der Waals surface area contributed by atoms with Crippen LogP contribution in [0, 0.1) is 18.3 Å². The zero-order valence-electron chi connectivity index (χ0n) is 10.5. The number of nitrogens with one attached hydrogen (secondary N) is 1. The first kappa shape index (κ1) is 13.9. The lowest BCUT2D eigenvalue weighted by atomic mass is 10.1. The van der Waals surface area contributed by atoms with Crippen molar-refractivity contribution < 1.29 is 0 Å². The van der Waals surface area contributed by atoms with Crippen LogP contribution in [0.5, 0.6) is 0 Å². The number of halogens is 2. The van der Waals surface area contributed by atoms with Crippen molar-refractivity contribution in [2.24, 2.45) is 7.05 Å². The van der Waals surface area contributed by atoms with Gasteiger partial charge in [-0.2, -0.15) is 10.4 Å². The monoisotopic (exact) mass is 338 g/mol. The number of anilines is 1. The summed E-state index contributed by atoms with van der Waals surface area (Å²) in [5.74, 6) is 0. The van der Waals surface area contributed by atoms with E-state index < -0.39 is 6.04 Å². The number of aryl methyl sites for hydroxylation is 2. The van der Waals surface area contributed by atoms with Gasteiger partial charge in [-0.1, -0.05) is 11.6 Å². The largest absolute Gasteiger partial charge is 0.366 e. The Kier molecular flexibility index (Phi) is 4.13. The maximum Gasteiger partial charge on any atom is 0.143 e. The second-order valence-corrected chi connectivity index (χ2v) is 5.44. The standard InChI is InChI=1S/C13H12BrClN4/c1-8-10(7-19(2)18-8)13(6-16)17-9-3-4-12(15)11(14)5-9/h3-5,7,13,17H,1-2H3. The van der Waals surface area contributed by atoms with Crippen molar-refractivity contribution in [2.75, 3.05) is 5.32 Å². The fourth-order valence-corrected chi connectivity index (χ4v) is 2.33. The molecule has 0 fully saturated rings. The topological polar surface area (TPSA) is 53.6 Å². The molecule has 2 aromatic rings. The molecule has 0 aliphatic heterocycles. The van der Waals surface area contributed by atoms with E-state index in [-0.39, 0.29) is 0 Å². The summed E-state index contributed by atoms with van der Waals surface area (Å²) in [7, 11) is 1.84. The Morgan fingerprint density at radius 3 is 2.79 bits per heavy atom. The van der Waals surface area contributed by atoms with Gasteiger partial charge in [-0.3, -0.25) is 4.68 Å². The summed E-state index contributed by atoms with van der Waals surface area (Å²) >= 11 is 9.31. The predicted octanol–water partition coefficient (Wildman–Crippen LogP) is 3.82. The van der Waals surface area contributed by atoms with Gasteiger partial charge in [-0.25, -0.2) is 0 Å². The van der Waals surface area contributed by atoms with Gasteiger partial charge in [0.15, 0.2) is 0 Å². The lowest BCUT2D eigenvalue weighted by molar-refractivity contribution is 0.756. The van der Waals surface area contributed by atoms with Crippen LogP contribution in [0.25, 0.3) is 0 Å². The summed E-state index contributed by atoms with van der Waals surface area (Å²) in [6, 6.07) is 7.26. The molecule has 1 aromatic carbocycles. The third kappa shape index (κ3) is 3.09.